The van der Waals surface area contributed by atoms with Gasteiger partial charge in [0.1, 0.15) is 5.82 Å². The molecule has 1 aromatic carbocycles. The number of hydrogen-bond donors (Lipinski definition) is 2. The van der Waals surface area contributed by atoms with Crippen molar-refractivity contribution in [1.29, 1.82) is 0 Å². The van der Waals surface area contributed by atoms with E-state index in [-0.39, 0.29) is 18.2 Å². The van der Waals surface area contributed by atoms with E-state index in [0.717, 1.165) is 10.9 Å². The normalized spacial score (nSPS) is 10.9. The molecule has 0 aliphatic carbocycles. The van der Waals surface area contributed by atoms with Gasteiger partial charge in [-0.1, -0.05) is 6.07 Å². The summed E-state index contributed by atoms with van der Waals surface area (Å²) in [4.78, 5) is 16.7. The molecule has 4 rings (SSSR count). The van der Waals surface area contributed by atoms with Gasteiger partial charge in [-0.25, -0.2) is 25.2 Å². The third-order valence-electron chi connectivity index (χ3n) is 4.06. The lowest BCUT2D eigenvalue weighted by Gasteiger charge is -2.19. The Bertz CT molecular complexity index is 1110. The third-order valence-corrected chi connectivity index (χ3v) is 4.06. The number of benzene rings is 1. The van der Waals surface area contributed by atoms with Crippen LogP contribution in [-0.2, 0) is 6.54 Å². The number of hydrogen-bond acceptors (Lipinski definition) is 7. The van der Waals surface area contributed by atoms with E-state index in [2.05, 4.69) is 36.9 Å². The second kappa shape index (κ2) is 6.89. The maximum atomic E-state index is 14.5. The summed E-state index contributed by atoms with van der Waals surface area (Å²) in [7, 11) is 0. The number of pyridine rings is 1. The molecule has 0 radical (unpaired) electrons. The molecule has 0 aliphatic rings. The van der Waals surface area contributed by atoms with Gasteiger partial charge < -0.3 is 0 Å². The maximum absolute atomic E-state index is 14.5. The Hall–Kier alpha value is -3.72. The van der Waals surface area contributed by atoms with E-state index in [1.165, 1.54) is 11.1 Å². The highest BCUT2D eigenvalue weighted by atomic mass is 19.1. The molecule has 3 heterocycles. The SMILES string of the molecule is C=Nc1ncc(-c2cn[nH]c2)nc1N(N)Cc1cc2cccnc2cc1F. The van der Waals surface area contributed by atoms with Crippen LogP contribution in [0, 0.1) is 5.82 Å². The van der Waals surface area contributed by atoms with Crippen molar-refractivity contribution in [1.82, 2.24) is 25.1 Å². The molecule has 0 amide bonds. The van der Waals surface area contributed by atoms with Crippen molar-refractivity contribution in [2.75, 3.05) is 5.01 Å². The molecule has 3 N–H and O–H groups in total. The van der Waals surface area contributed by atoms with Crippen molar-refractivity contribution in [3.05, 3.63) is 60.4 Å². The summed E-state index contributed by atoms with van der Waals surface area (Å²) in [6, 6.07) is 6.76. The molecule has 0 unspecified atom stereocenters. The van der Waals surface area contributed by atoms with Gasteiger partial charge >= 0.3 is 0 Å². The molecule has 0 aliphatic heterocycles. The summed E-state index contributed by atoms with van der Waals surface area (Å²) in [5, 5.41) is 8.73. The predicted octanol–water partition coefficient (Wildman–Crippen LogP) is 2.77. The lowest BCUT2D eigenvalue weighted by molar-refractivity contribution is 0.606. The lowest BCUT2D eigenvalue weighted by Crippen LogP contribution is -2.31. The van der Waals surface area contributed by atoms with Crippen molar-refractivity contribution in [2.45, 2.75) is 6.54 Å². The van der Waals surface area contributed by atoms with Crippen molar-refractivity contribution in [3.8, 4) is 11.3 Å². The molecule has 27 heavy (non-hydrogen) atoms. The van der Waals surface area contributed by atoms with Gasteiger partial charge in [-0.2, -0.15) is 5.10 Å². The zero-order valence-electron chi connectivity index (χ0n) is 14.2. The molecule has 0 saturated carbocycles. The molecular weight excluding hydrogens is 347 g/mol. The van der Waals surface area contributed by atoms with Crippen molar-refractivity contribution in [2.24, 2.45) is 10.8 Å². The summed E-state index contributed by atoms with van der Waals surface area (Å²) in [5.74, 6) is 6.32. The number of halogens is 1. The number of hydrazine groups is 1. The van der Waals surface area contributed by atoms with Gasteiger partial charge in [0.15, 0.2) is 11.6 Å². The summed E-state index contributed by atoms with van der Waals surface area (Å²) < 4.78 is 14.5. The fourth-order valence-electron chi connectivity index (χ4n) is 2.73. The first kappa shape index (κ1) is 16.7. The summed E-state index contributed by atoms with van der Waals surface area (Å²) in [5.41, 5.74) is 2.29. The molecule has 0 bridgehead atoms. The number of rotatable bonds is 5. The van der Waals surface area contributed by atoms with Crippen molar-refractivity contribution < 1.29 is 4.39 Å². The van der Waals surface area contributed by atoms with Gasteiger partial charge in [0.05, 0.1) is 30.1 Å². The fourth-order valence-corrected chi connectivity index (χ4v) is 2.73. The molecule has 8 nitrogen and oxygen atoms in total. The first-order chi connectivity index (χ1) is 13.2. The van der Waals surface area contributed by atoms with Gasteiger partial charge in [-0.3, -0.25) is 15.1 Å². The number of aromatic nitrogens is 5. The minimum atomic E-state index is -0.399. The molecule has 0 saturated heterocycles. The van der Waals surface area contributed by atoms with Gasteiger partial charge in [0.2, 0.25) is 0 Å². The van der Waals surface area contributed by atoms with Crippen LogP contribution in [0.4, 0.5) is 16.0 Å². The van der Waals surface area contributed by atoms with Crippen LogP contribution in [0.15, 0.2) is 54.0 Å². The zero-order valence-corrected chi connectivity index (χ0v) is 14.2. The van der Waals surface area contributed by atoms with E-state index in [0.29, 0.717) is 16.8 Å². The fraction of sp³-hybridized carbons (Fsp3) is 0.0556. The van der Waals surface area contributed by atoms with Crippen LogP contribution in [0.1, 0.15) is 5.56 Å². The van der Waals surface area contributed by atoms with Crippen LogP contribution in [0.2, 0.25) is 0 Å². The summed E-state index contributed by atoms with van der Waals surface area (Å²) in [6.45, 7) is 3.57. The minimum absolute atomic E-state index is 0.0721. The second-order valence-corrected chi connectivity index (χ2v) is 5.82. The van der Waals surface area contributed by atoms with E-state index in [1.54, 1.807) is 36.9 Å². The molecule has 3 aromatic heterocycles. The molecule has 0 fully saturated rings. The molecule has 134 valence electrons. The third kappa shape index (κ3) is 3.23. The Labute approximate surface area is 153 Å². The second-order valence-electron chi connectivity index (χ2n) is 5.82. The molecule has 0 atom stereocenters. The number of aromatic amines is 1. The van der Waals surface area contributed by atoms with Crippen LogP contribution < -0.4 is 10.9 Å². The first-order valence-corrected chi connectivity index (χ1v) is 8.04. The van der Waals surface area contributed by atoms with E-state index in [9.17, 15) is 4.39 Å². The predicted molar refractivity (Wildman–Crippen MR) is 101 cm³/mol. The van der Waals surface area contributed by atoms with Gasteiger partial charge in [0.25, 0.3) is 0 Å². The molecular formula is C18H15FN8. The number of H-pyrrole nitrogens is 1. The zero-order chi connectivity index (χ0) is 18.8. The first-order valence-electron chi connectivity index (χ1n) is 8.04. The Morgan fingerprint density at radius 3 is 2.93 bits per heavy atom. The Balaban J connectivity index is 1.70. The van der Waals surface area contributed by atoms with Crippen LogP contribution in [0.3, 0.4) is 0 Å². The number of fused-ring (bicyclic) bond motifs is 1. The molecule has 9 heteroatoms. The van der Waals surface area contributed by atoms with E-state index < -0.39 is 5.82 Å². The lowest BCUT2D eigenvalue weighted by atomic mass is 10.1. The quantitative estimate of drug-likeness (QED) is 0.321. The number of aliphatic imine (C=N–C) groups is 1. The Morgan fingerprint density at radius 2 is 2.15 bits per heavy atom. The Morgan fingerprint density at radius 1 is 1.26 bits per heavy atom. The Kier molecular flexibility index (Phi) is 4.27. The monoisotopic (exact) mass is 362 g/mol. The van der Waals surface area contributed by atoms with Crippen LogP contribution >= 0.6 is 0 Å². The number of anilines is 1. The average molecular weight is 362 g/mol. The average Bonchev–Trinajstić information content (AvgIpc) is 3.23. The van der Waals surface area contributed by atoms with Crippen LogP contribution in [0.25, 0.3) is 22.2 Å². The number of nitrogens with zero attached hydrogens (tertiary/aromatic N) is 6. The van der Waals surface area contributed by atoms with E-state index in [4.69, 9.17) is 5.84 Å². The highest BCUT2D eigenvalue weighted by molar-refractivity contribution is 5.79. The van der Waals surface area contributed by atoms with E-state index >= 15 is 0 Å². The number of nitrogens with two attached hydrogens (primary N) is 1. The van der Waals surface area contributed by atoms with Gasteiger partial charge in [-0.05, 0) is 18.9 Å². The molecule has 4 aromatic rings. The topological polar surface area (TPSA) is 109 Å². The summed E-state index contributed by atoms with van der Waals surface area (Å²) >= 11 is 0. The van der Waals surface area contributed by atoms with Crippen LogP contribution in [0.5, 0.6) is 0 Å². The van der Waals surface area contributed by atoms with Crippen molar-refractivity contribution >= 4 is 29.3 Å². The van der Waals surface area contributed by atoms with Crippen molar-refractivity contribution in [3.63, 3.8) is 0 Å². The van der Waals surface area contributed by atoms with E-state index in [1.807, 2.05) is 6.07 Å². The standard InChI is InChI=1S/C18H15FN8/c1-21-17-18(26-16(9-23-17)13-7-24-25-8-13)27(20)10-12-5-11-3-2-4-22-15(11)6-14(12)19/h2-9H,1,10,20H2,(H,24,25). The number of nitrogens with one attached hydrogen (secondary N) is 1. The summed E-state index contributed by atoms with van der Waals surface area (Å²) in [6.07, 6.45) is 6.47. The molecule has 0 spiro atoms. The van der Waals surface area contributed by atoms with Crippen LogP contribution in [-0.4, -0.2) is 31.9 Å². The maximum Gasteiger partial charge on any atom is 0.196 e. The minimum Gasteiger partial charge on any atom is -0.287 e. The van der Waals surface area contributed by atoms with Gasteiger partial charge in [0, 0.05) is 35.0 Å². The highest BCUT2D eigenvalue weighted by Gasteiger charge is 2.16. The van der Waals surface area contributed by atoms with Gasteiger partial charge in [-0.15, -0.1) is 0 Å². The highest BCUT2D eigenvalue weighted by Crippen LogP contribution is 2.27. The largest absolute Gasteiger partial charge is 0.287 e. The smallest absolute Gasteiger partial charge is 0.196 e.